The van der Waals surface area contributed by atoms with Crippen LogP contribution in [0, 0.1) is 5.82 Å². The number of aliphatic hydroxyl groups excluding tert-OH is 1. The zero-order chi connectivity index (χ0) is 12.6. The largest absolute Gasteiger partial charge is 0.385 e. The molecule has 0 aliphatic carbocycles. The Morgan fingerprint density at radius 2 is 2.12 bits per heavy atom. The van der Waals surface area contributed by atoms with Gasteiger partial charge in [-0.2, -0.15) is 0 Å². The molecule has 0 radical (unpaired) electrons. The zero-order valence-corrected chi connectivity index (χ0v) is 11.4. The van der Waals surface area contributed by atoms with Gasteiger partial charge >= 0.3 is 0 Å². The van der Waals surface area contributed by atoms with Gasteiger partial charge in [0.2, 0.25) is 3.12 Å². The van der Waals surface area contributed by atoms with Crippen LogP contribution in [-0.4, -0.2) is 22.9 Å². The Labute approximate surface area is 106 Å². The van der Waals surface area contributed by atoms with Gasteiger partial charge in [-0.25, -0.2) is 12.8 Å². The van der Waals surface area contributed by atoms with Gasteiger partial charge in [0.25, 0.3) is 0 Å². The molecule has 0 bridgehead atoms. The van der Waals surface area contributed by atoms with Crippen LogP contribution in [0.3, 0.4) is 0 Å². The monoisotopic (exact) mass is 330 g/mol. The van der Waals surface area contributed by atoms with E-state index in [1.165, 1.54) is 18.2 Å². The molecule has 0 saturated heterocycles. The Kier molecular flexibility index (Phi) is 3.99. The Hall–Kier alpha value is -0.170. The predicted molar refractivity (Wildman–Crippen MR) is 63.7 cm³/mol. The van der Waals surface area contributed by atoms with Gasteiger partial charge in [-0.1, -0.05) is 23.7 Å². The molecule has 7 heteroatoms. The maximum Gasteiger partial charge on any atom is 0.228 e. The second-order valence-electron chi connectivity index (χ2n) is 3.29. The summed E-state index contributed by atoms with van der Waals surface area (Å²) < 4.78 is 33.5. The summed E-state index contributed by atoms with van der Waals surface area (Å²) in [5.74, 6) is -0.579. The summed E-state index contributed by atoms with van der Waals surface area (Å²) in [6, 6.07) is 4.95. The van der Waals surface area contributed by atoms with Gasteiger partial charge in [-0.15, -0.1) is 0 Å². The summed E-state index contributed by atoms with van der Waals surface area (Å²) in [4.78, 5) is 0. The van der Waals surface area contributed by atoms with Crippen LogP contribution in [0.1, 0.15) is 11.7 Å². The van der Waals surface area contributed by atoms with E-state index in [1.54, 1.807) is 0 Å². The molecule has 0 aliphatic heterocycles. The van der Waals surface area contributed by atoms with Crippen LogP contribution in [0.4, 0.5) is 4.39 Å². The van der Waals surface area contributed by atoms with Crippen molar-refractivity contribution < 1.29 is 17.9 Å². The number of sulfone groups is 1. The van der Waals surface area contributed by atoms with Gasteiger partial charge in [0.05, 0.1) is 0 Å². The molecule has 16 heavy (non-hydrogen) atoms. The van der Waals surface area contributed by atoms with E-state index in [9.17, 15) is 17.9 Å². The van der Waals surface area contributed by atoms with E-state index in [1.807, 2.05) is 0 Å². The van der Waals surface area contributed by atoms with Crippen LogP contribution in [0.2, 0.25) is 0 Å². The quantitative estimate of drug-likeness (QED) is 0.864. The minimum Gasteiger partial charge on any atom is -0.385 e. The fraction of sp³-hybridized carbons (Fsp3) is 0.333. The Bertz CT molecular complexity index is 489. The minimum atomic E-state index is -3.75. The molecule has 0 fully saturated rings. The average molecular weight is 332 g/mol. The number of rotatable bonds is 3. The molecule has 1 rings (SSSR count). The van der Waals surface area contributed by atoms with Gasteiger partial charge in [0.1, 0.15) is 11.9 Å². The van der Waals surface area contributed by atoms with Crippen LogP contribution >= 0.6 is 27.5 Å². The molecule has 0 saturated carbocycles. The number of halogens is 3. The second-order valence-corrected chi connectivity index (χ2v) is 8.53. The lowest BCUT2D eigenvalue weighted by molar-refractivity contribution is 0.185. The van der Waals surface area contributed by atoms with Crippen LogP contribution in [0.5, 0.6) is 0 Å². The highest BCUT2D eigenvalue weighted by atomic mass is 79.9. The summed E-state index contributed by atoms with van der Waals surface area (Å²) >= 11 is 8.44. The van der Waals surface area contributed by atoms with Crippen molar-refractivity contribution in [1.29, 1.82) is 0 Å². The van der Waals surface area contributed by atoms with Gasteiger partial charge in [-0.3, -0.25) is 0 Å². The van der Waals surface area contributed by atoms with Crippen molar-refractivity contribution in [3.8, 4) is 0 Å². The molecule has 2 atom stereocenters. The summed E-state index contributed by atoms with van der Waals surface area (Å²) in [6.07, 6.45) is -0.697. The maximum atomic E-state index is 12.9. The van der Waals surface area contributed by atoms with E-state index in [0.717, 1.165) is 12.3 Å². The minimum absolute atomic E-state index is 0.0808. The van der Waals surface area contributed by atoms with Crippen molar-refractivity contribution in [2.75, 3.05) is 6.26 Å². The number of hydrogen-bond acceptors (Lipinski definition) is 3. The number of hydrogen-bond donors (Lipinski definition) is 1. The zero-order valence-electron chi connectivity index (χ0n) is 8.19. The first-order valence-corrected chi connectivity index (χ1v) is 7.23. The van der Waals surface area contributed by atoms with Crippen molar-refractivity contribution in [3.63, 3.8) is 0 Å². The standard InChI is InChI=1S/C9H9BrClFO3S/c1-16(14,15)9(10,11)8(13)6-3-2-4-7(12)5-6/h2-5,8,13H,1H3/t8-,9+/m1/s1. The molecule has 0 amide bonds. The van der Waals surface area contributed by atoms with Crippen LogP contribution in [0.25, 0.3) is 0 Å². The maximum absolute atomic E-state index is 12.9. The molecule has 3 nitrogen and oxygen atoms in total. The van der Waals surface area contributed by atoms with E-state index < -0.39 is 24.9 Å². The van der Waals surface area contributed by atoms with E-state index >= 15 is 0 Å². The first kappa shape index (κ1) is 13.9. The third kappa shape index (κ3) is 2.74. The fourth-order valence-electron chi connectivity index (χ4n) is 1.07. The third-order valence-corrected chi connectivity index (χ3v) is 6.43. The number of alkyl halides is 2. The molecular weight excluding hydrogens is 323 g/mol. The highest BCUT2D eigenvalue weighted by Crippen LogP contribution is 2.42. The normalized spacial score (nSPS) is 17.8. The van der Waals surface area contributed by atoms with Gasteiger partial charge in [0.15, 0.2) is 9.84 Å². The van der Waals surface area contributed by atoms with Crippen molar-refractivity contribution in [2.24, 2.45) is 0 Å². The fourth-order valence-corrected chi connectivity index (χ4v) is 2.01. The number of benzene rings is 1. The lowest BCUT2D eigenvalue weighted by atomic mass is 10.1. The van der Waals surface area contributed by atoms with Crippen LogP contribution in [0.15, 0.2) is 24.3 Å². The Morgan fingerprint density at radius 3 is 2.56 bits per heavy atom. The van der Waals surface area contributed by atoms with Gasteiger partial charge in [0, 0.05) is 6.26 Å². The smallest absolute Gasteiger partial charge is 0.228 e. The first-order chi connectivity index (χ1) is 7.16. The summed E-state index contributed by atoms with van der Waals surface area (Å²) in [6.45, 7) is 0. The van der Waals surface area contributed by atoms with Crippen molar-refractivity contribution >= 4 is 37.4 Å². The Balaban J connectivity index is 3.17. The van der Waals surface area contributed by atoms with Crippen LogP contribution < -0.4 is 0 Å². The highest BCUT2D eigenvalue weighted by molar-refractivity contribution is 9.12. The molecule has 0 aliphatic rings. The summed E-state index contributed by atoms with van der Waals surface area (Å²) in [7, 11) is -3.75. The molecule has 1 aromatic carbocycles. The van der Waals surface area contributed by atoms with Gasteiger partial charge in [-0.05, 0) is 33.6 Å². The first-order valence-electron chi connectivity index (χ1n) is 4.17. The van der Waals surface area contributed by atoms with E-state index in [0.29, 0.717) is 0 Å². The Morgan fingerprint density at radius 1 is 1.56 bits per heavy atom. The number of aliphatic hydroxyl groups is 1. The lowest BCUT2D eigenvalue weighted by Crippen LogP contribution is -2.32. The average Bonchev–Trinajstić information content (AvgIpc) is 2.14. The van der Waals surface area contributed by atoms with E-state index in [4.69, 9.17) is 11.6 Å². The SMILES string of the molecule is CS(=O)(=O)[C@](Cl)(Br)[C@H](O)c1cccc(F)c1. The molecular formula is C9H9BrClFO3S. The third-order valence-electron chi connectivity index (χ3n) is 1.98. The van der Waals surface area contributed by atoms with Crippen molar-refractivity contribution in [3.05, 3.63) is 35.6 Å². The van der Waals surface area contributed by atoms with Gasteiger partial charge < -0.3 is 5.11 Å². The highest BCUT2D eigenvalue weighted by Gasteiger charge is 2.44. The molecule has 0 unspecified atom stereocenters. The van der Waals surface area contributed by atoms with Crippen molar-refractivity contribution in [1.82, 2.24) is 0 Å². The topological polar surface area (TPSA) is 54.4 Å². The van der Waals surface area contributed by atoms with Crippen LogP contribution in [-0.2, 0) is 9.84 Å². The van der Waals surface area contributed by atoms with E-state index in [2.05, 4.69) is 15.9 Å². The second kappa shape index (κ2) is 4.60. The predicted octanol–water partition coefficient (Wildman–Crippen LogP) is 2.19. The summed E-state index contributed by atoms with van der Waals surface area (Å²) in [5, 5.41) is 9.78. The lowest BCUT2D eigenvalue weighted by Gasteiger charge is -2.24. The molecule has 1 aromatic rings. The summed E-state index contributed by atoms with van der Waals surface area (Å²) in [5.41, 5.74) is 0.0808. The molecule has 0 aromatic heterocycles. The van der Waals surface area contributed by atoms with E-state index in [-0.39, 0.29) is 5.56 Å². The molecule has 0 spiro atoms. The molecule has 90 valence electrons. The van der Waals surface area contributed by atoms with Crippen molar-refractivity contribution in [2.45, 2.75) is 9.22 Å². The molecule has 1 N–H and O–H groups in total. The molecule has 0 heterocycles.